The first kappa shape index (κ1) is 18.0. The lowest BCUT2D eigenvalue weighted by Gasteiger charge is -2.31. The van der Waals surface area contributed by atoms with Gasteiger partial charge in [-0.1, -0.05) is 18.2 Å². The average Bonchev–Trinajstić information content (AvgIpc) is 2.69. The van der Waals surface area contributed by atoms with Crippen molar-refractivity contribution in [2.45, 2.75) is 19.8 Å². The number of anilines is 1. The SMILES string of the molecule is COc1ccc(C(=O)N2CCC(C(=O)Nc3ccccc3C)CC2)cc1. The molecule has 1 fully saturated rings. The molecule has 0 aliphatic carbocycles. The molecule has 1 heterocycles. The van der Waals surface area contributed by atoms with E-state index in [0.717, 1.165) is 17.0 Å². The third-order valence-corrected chi connectivity index (χ3v) is 4.89. The van der Waals surface area contributed by atoms with Crippen LogP contribution in [-0.2, 0) is 4.79 Å². The van der Waals surface area contributed by atoms with Crippen molar-refractivity contribution in [1.82, 2.24) is 4.90 Å². The Bertz CT molecular complexity index is 778. The molecular formula is C21H24N2O3. The predicted octanol–water partition coefficient (Wildman–Crippen LogP) is 3.49. The summed E-state index contributed by atoms with van der Waals surface area (Å²) < 4.78 is 5.12. The number of piperidine rings is 1. The van der Waals surface area contributed by atoms with Gasteiger partial charge in [-0.05, 0) is 55.7 Å². The van der Waals surface area contributed by atoms with Crippen LogP contribution in [0.25, 0.3) is 0 Å². The van der Waals surface area contributed by atoms with Crippen LogP contribution >= 0.6 is 0 Å². The fourth-order valence-electron chi connectivity index (χ4n) is 3.21. The molecule has 0 saturated carbocycles. The molecule has 0 spiro atoms. The summed E-state index contributed by atoms with van der Waals surface area (Å²) >= 11 is 0. The number of hydrogen-bond donors (Lipinski definition) is 1. The zero-order valence-electron chi connectivity index (χ0n) is 15.2. The van der Waals surface area contributed by atoms with Crippen LogP contribution < -0.4 is 10.1 Å². The number of para-hydroxylation sites is 1. The summed E-state index contributed by atoms with van der Waals surface area (Å²) in [6.45, 7) is 3.17. The maximum atomic E-state index is 12.6. The van der Waals surface area contributed by atoms with Gasteiger partial charge in [-0.15, -0.1) is 0 Å². The molecule has 2 aromatic rings. The summed E-state index contributed by atoms with van der Waals surface area (Å²) in [6.07, 6.45) is 1.36. The van der Waals surface area contributed by atoms with Crippen molar-refractivity contribution in [2.75, 3.05) is 25.5 Å². The Hall–Kier alpha value is -2.82. The van der Waals surface area contributed by atoms with Crippen molar-refractivity contribution in [3.05, 3.63) is 59.7 Å². The van der Waals surface area contributed by atoms with E-state index in [1.54, 1.807) is 31.4 Å². The smallest absolute Gasteiger partial charge is 0.253 e. The molecule has 5 nitrogen and oxygen atoms in total. The van der Waals surface area contributed by atoms with Gasteiger partial charge in [-0.3, -0.25) is 9.59 Å². The van der Waals surface area contributed by atoms with Crippen molar-refractivity contribution in [3.63, 3.8) is 0 Å². The van der Waals surface area contributed by atoms with E-state index < -0.39 is 0 Å². The van der Waals surface area contributed by atoms with Gasteiger partial charge in [0, 0.05) is 30.3 Å². The zero-order valence-corrected chi connectivity index (χ0v) is 15.2. The lowest BCUT2D eigenvalue weighted by atomic mass is 9.95. The van der Waals surface area contributed by atoms with E-state index in [4.69, 9.17) is 4.74 Å². The van der Waals surface area contributed by atoms with E-state index in [0.29, 0.717) is 31.5 Å². The summed E-state index contributed by atoms with van der Waals surface area (Å²) in [5.74, 6) is 0.712. The summed E-state index contributed by atoms with van der Waals surface area (Å²) in [7, 11) is 1.60. The lowest BCUT2D eigenvalue weighted by molar-refractivity contribution is -0.121. The number of nitrogens with zero attached hydrogens (tertiary/aromatic N) is 1. The molecule has 0 bridgehead atoms. The van der Waals surface area contributed by atoms with Gasteiger partial charge in [0.1, 0.15) is 5.75 Å². The number of aryl methyl sites for hydroxylation is 1. The highest BCUT2D eigenvalue weighted by Gasteiger charge is 2.28. The molecule has 136 valence electrons. The number of hydrogen-bond acceptors (Lipinski definition) is 3. The van der Waals surface area contributed by atoms with Gasteiger partial charge < -0.3 is 15.0 Å². The van der Waals surface area contributed by atoms with Crippen molar-refractivity contribution < 1.29 is 14.3 Å². The van der Waals surface area contributed by atoms with E-state index in [2.05, 4.69) is 5.32 Å². The van der Waals surface area contributed by atoms with Gasteiger partial charge in [0.15, 0.2) is 0 Å². The highest BCUT2D eigenvalue weighted by atomic mass is 16.5. The molecule has 2 amide bonds. The number of methoxy groups -OCH3 is 1. The first-order valence-corrected chi connectivity index (χ1v) is 8.88. The van der Waals surface area contributed by atoms with E-state index in [1.165, 1.54) is 0 Å². The molecular weight excluding hydrogens is 328 g/mol. The topological polar surface area (TPSA) is 58.6 Å². The van der Waals surface area contributed by atoms with Gasteiger partial charge in [-0.25, -0.2) is 0 Å². The van der Waals surface area contributed by atoms with Crippen LogP contribution in [-0.4, -0.2) is 36.9 Å². The van der Waals surface area contributed by atoms with Crippen molar-refractivity contribution in [3.8, 4) is 5.75 Å². The zero-order chi connectivity index (χ0) is 18.5. The van der Waals surface area contributed by atoms with Crippen molar-refractivity contribution in [2.24, 2.45) is 5.92 Å². The summed E-state index contributed by atoms with van der Waals surface area (Å²) in [6, 6.07) is 14.9. The molecule has 1 aliphatic heterocycles. The molecule has 1 aliphatic rings. The quantitative estimate of drug-likeness (QED) is 0.916. The number of rotatable bonds is 4. The minimum absolute atomic E-state index is 0.00501. The first-order chi connectivity index (χ1) is 12.6. The standard InChI is InChI=1S/C21H24N2O3/c1-15-5-3-4-6-19(15)22-20(24)16-11-13-23(14-12-16)21(25)17-7-9-18(26-2)10-8-17/h3-10,16H,11-14H2,1-2H3,(H,22,24). The van der Waals surface area contributed by atoms with Crippen LogP contribution in [0.2, 0.25) is 0 Å². The van der Waals surface area contributed by atoms with Gasteiger partial charge >= 0.3 is 0 Å². The number of ether oxygens (including phenoxy) is 1. The van der Waals surface area contributed by atoms with E-state index in [1.807, 2.05) is 36.1 Å². The van der Waals surface area contributed by atoms with E-state index in [-0.39, 0.29) is 17.7 Å². The number of carbonyl (C=O) groups is 2. The molecule has 1 N–H and O–H groups in total. The van der Waals surface area contributed by atoms with Crippen molar-refractivity contribution in [1.29, 1.82) is 0 Å². The minimum atomic E-state index is -0.0606. The number of likely N-dealkylation sites (tertiary alicyclic amines) is 1. The molecule has 0 aromatic heterocycles. The third-order valence-electron chi connectivity index (χ3n) is 4.89. The Morgan fingerprint density at radius 1 is 1.04 bits per heavy atom. The number of amides is 2. The monoisotopic (exact) mass is 352 g/mol. The van der Waals surface area contributed by atoms with Gasteiger partial charge in [-0.2, -0.15) is 0 Å². The minimum Gasteiger partial charge on any atom is -0.497 e. The molecule has 0 atom stereocenters. The van der Waals surface area contributed by atoms with Crippen LogP contribution in [0.3, 0.4) is 0 Å². The Morgan fingerprint density at radius 2 is 1.69 bits per heavy atom. The summed E-state index contributed by atoms with van der Waals surface area (Å²) in [4.78, 5) is 26.9. The third kappa shape index (κ3) is 4.04. The highest BCUT2D eigenvalue weighted by Crippen LogP contribution is 2.22. The summed E-state index contributed by atoms with van der Waals surface area (Å²) in [5.41, 5.74) is 2.55. The second-order valence-electron chi connectivity index (χ2n) is 6.60. The van der Waals surface area contributed by atoms with Crippen LogP contribution in [0, 0.1) is 12.8 Å². The number of benzene rings is 2. The molecule has 2 aromatic carbocycles. The fraction of sp³-hybridized carbons (Fsp3) is 0.333. The van der Waals surface area contributed by atoms with Gasteiger partial charge in [0.05, 0.1) is 7.11 Å². The second kappa shape index (κ2) is 8.04. The largest absolute Gasteiger partial charge is 0.497 e. The Kier molecular flexibility index (Phi) is 5.56. The molecule has 0 radical (unpaired) electrons. The van der Waals surface area contributed by atoms with Crippen LogP contribution in [0.15, 0.2) is 48.5 Å². The Labute approximate surface area is 154 Å². The lowest BCUT2D eigenvalue weighted by Crippen LogP contribution is -2.41. The van der Waals surface area contributed by atoms with E-state index >= 15 is 0 Å². The van der Waals surface area contributed by atoms with Crippen molar-refractivity contribution >= 4 is 17.5 Å². The molecule has 5 heteroatoms. The van der Waals surface area contributed by atoms with Crippen LogP contribution in [0.1, 0.15) is 28.8 Å². The predicted molar refractivity (Wildman–Crippen MR) is 101 cm³/mol. The Morgan fingerprint density at radius 3 is 2.31 bits per heavy atom. The average molecular weight is 352 g/mol. The van der Waals surface area contributed by atoms with Gasteiger partial charge in [0.25, 0.3) is 5.91 Å². The normalized spacial score (nSPS) is 14.8. The Balaban J connectivity index is 1.55. The molecule has 1 saturated heterocycles. The highest BCUT2D eigenvalue weighted by molar-refractivity contribution is 5.95. The van der Waals surface area contributed by atoms with Crippen LogP contribution in [0.5, 0.6) is 5.75 Å². The number of carbonyl (C=O) groups excluding carboxylic acids is 2. The first-order valence-electron chi connectivity index (χ1n) is 8.88. The maximum absolute atomic E-state index is 12.6. The second-order valence-corrected chi connectivity index (χ2v) is 6.60. The molecule has 3 rings (SSSR count). The maximum Gasteiger partial charge on any atom is 0.253 e. The summed E-state index contributed by atoms with van der Waals surface area (Å²) in [5, 5.41) is 3.01. The van der Waals surface area contributed by atoms with Crippen LogP contribution in [0.4, 0.5) is 5.69 Å². The van der Waals surface area contributed by atoms with Gasteiger partial charge in [0.2, 0.25) is 5.91 Å². The fourth-order valence-corrected chi connectivity index (χ4v) is 3.21. The number of nitrogens with one attached hydrogen (secondary N) is 1. The van der Waals surface area contributed by atoms with E-state index in [9.17, 15) is 9.59 Å². The molecule has 26 heavy (non-hydrogen) atoms. The molecule has 0 unspecified atom stereocenters.